The molecule has 2 aromatic rings. The summed E-state index contributed by atoms with van der Waals surface area (Å²) in [5.41, 5.74) is 7.61. The molecule has 0 unspecified atom stereocenters. The van der Waals surface area contributed by atoms with Gasteiger partial charge in [0.15, 0.2) is 0 Å². The number of benzene rings is 2. The summed E-state index contributed by atoms with van der Waals surface area (Å²) in [4.78, 5) is 43.0. The molecule has 0 fully saturated rings. The predicted octanol–water partition coefficient (Wildman–Crippen LogP) is 1.77. The Labute approximate surface area is 220 Å². The fourth-order valence-electron chi connectivity index (χ4n) is 3.54. The van der Waals surface area contributed by atoms with E-state index in [0.717, 1.165) is 20.9 Å². The number of aliphatic imine (C=N–C) groups is 1. The van der Waals surface area contributed by atoms with Gasteiger partial charge in [0.2, 0.25) is 15.9 Å². The average Bonchev–Trinajstić information content (AvgIpc) is 2.88. The number of sulfonamides is 1. The van der Waals surface area contributed by atoms with Gasteiger partial charge >= 0.3 is 12.1 Å². The lowest BCUT2D eigenvalue weighted by Gasteiger charge is -2.34. The first-order chi connectivity index (χ1) is 18.1. The molecule has 0 aliphatic carbocycles. The number of amides is 2. The zero-order chi connectivity index (χ0) is 27.7. The van der Waals surface area contributed by atoms with Crippen LogP contribution in [0.4, 0.5) is 4.79 Å². The highest BCUT2D eigenvalue weighted by molar-refractivity contribution is 7.89. The first kappa shape index (κ1) is 28.3. The largest absolute Gasteiger partial charge is 0.480 e. The number of carboxylic acids is 1. The van der Waals surface area contributed by atoms with E-state index in [2.05, 4.69) is 9.71 Å². The molecule has 2 amide bonds. The van der Waals surface area contributed by atoms with Crippen LogP contribution >= 0.6 is 0 Å². The van der Waals surface area contributed by atoms with Crippen molar-refractivity contribution in [2.24, 2.45) is 10.7 Å². The molecule has 2 aromatic carbocycles. The van der Waals surface area contributed by atoms with Crippen molar-refractivity contribution in [1.29, 1.82) is 0 Å². The predicted molar refractivity (Wildman–Crippen MR) is 138 cm³/mol. The van der Waals surface area contributed by atoms with Gasteiger partial charge in [-0.1, -0.05) is 48.0 Å². The third-order valence-electron chi connectivity index (χ3n) is 5.57. The van der Waals surface area contributed by atoms with E-state index >= 15 is 0 Å². The van der Waals surface area contributed by atoms with Crippen LogP contribution in [0.5, 0.6) is 0 Å². The summed E-state index contributed by atoms with van der Waals surface area (Å²) in [6, 6.07) is 14.2. The first-order valence-corrected chi connectivity index (χ1v) is 13.1. The fraction of sp³-hybridized carbons (Fsp3) is 0.280. The van der Waals surface area contributed by atoms with Crippen LogP contribution in [0.2, 0.25) is 0 Å². The van der Waals surface area contributed by atoms with Crippen LogP contribution < -0.4 is 10.5 Å². The Bertz CT molecular complexity index is 1310. The van der Waals surface area contributed by atoms with Crippen molar-refractivity contribution in [3.05, 3.63) is 78.1 Å². The molecule has 0 saturated carbocycles. The van der Waals surface area contributed by atoms with E-state index in [1.165, 1.54) is 24.5 Å². The van der Waals surface area contributed by atoms with E-state index in [1.807, 2.05) is 13.0 Å². The van der Waals surface area contributed by atoms with E-state index in [0.29, 0.717) is 0 Å². The van der Waals surface area contributed by atoms with Crippen LogP contribution in [0.3, 0.4) is 0 Å². The lowest BCUT2D eigenvalue weighted by atomic mass is 10.1. The summed E-state index contributed by atoms with van der Waals surface area (Å²) in [5.74, 6) is -1.80. The fourth-order valence-corrected chi connectivity index (χ4v) is 4.44. The topological polar surface area (TPSA) is 172 Å². The van der Waals surface area contributed by atoms with Gasteiger partial charge in [-0.25, -0.2) is 13.2 Å². The zero-order valence-electron chi connectivity index (χ0n) is 20.7. The second kappa shape index (κ2) is 12.8. The molecule has 1 aliphatic rings. The van der Waals surface area contributed by atoms with Crippen molar-refractivity contribution < 1.29 is 32.6 Å². The standard InChI is InChI=1S/C25H29N5O7S/c1-18-7-9-20(10-8-18)38(35,36)28-17-27-22(26)12-11-21-24(33)29(15-23(31)32)13-14-30(21)25(34)37-16-19-5-3-2-4-6-19/h2-10,13-14,21,28H,11-12,15-17H2,1H3,(H2,26,27)(H,31,32)/t21-/m0/s1. The molecule has 13 heteroatoms. The maximum Gasteiger partial charge on any atom is 0.414 e. The molecular weight excluding hydrogens is 514 g/mol. The van der Waals surface area contributed by atoms with Gasteiger partial charge < -0.3 is 20.5 Å². The molecule has 1 heterocycles. The van der Waals surface area contributed by atoms with Gasteiger partial charge in [-0.2, -0.15) is 4.72 Å². The van der Waals surface area contributed by atoms with Gasteiger partial charge in [0.25, 0.3) is 0 Å². The summed E-state index contributed by atoms with van der Waals surface area (Å²) in [6.45, 7) is 0.915. The number of carbonyl (C=O) groups is 3. The Balaban J connectivity index is 1.64. The number of hydrogen-bond acceptors (Lipinski definition) is 7. The Morgan fingerprint density at radius 2 is 1.79 bits per heavy atom. The van der Waals surface area contributed by atoms with Crippen molar-refractivity contribution in [3.63, 3.8) is 0 Å². The summed E-state index contributed by atoms with van der Waals surface area (Å²) in [6.07, 6.45) is 1.72. The molecule has 1 atom stereocenters. The molecule has 38 heavy (non-hydrogen) atoms. The molecule has 3 rings (SSSR count). The van der Waals surface area contributed by atoms with Gasteiger partial charge in [0, 0.05) is 18.8 Å². The maximum atomic E-state index is 13.0. The number of aryl methyl sites for hydroxylation is 1. The summed E-state index contributed by atoms with van der Waals surface area (Å²) < 4.78 is 32.4. The van der Waals surface area contributed by atoms with Crippen LogP contribution in [0.1, 0.15) is 24.0 Å². The van der Waals surface area contributed by atoms with Gasteiger partial charge in [-0.3, -0.25) is 19.5 Å². The Morgan fingerprint density at radius 3 is 2.45 bits per heavy atom. The number of nitrogens with one attached hydrogen (secondary N) is 1. The molecule has 0 radical (unpaired) electrons. The van der Waals surface area contributed by atoms with Crippen molar-refractivity contribution in [2.75, 3.05) is 13.2 Å². The summed E-state index contributed by atoms with van der Waals surface area (Å²) in [5, 5.41) is 9.10. The SMILES string of the molecule is Cc1ccc(S(=O)(=O)NC/N=C(\N)CC[C@H]2C(=O)N(CC(=O)O)C=CN2C(=O)OCc2ccccc2)cc1. The maximum absolute atomic E-state index is 13.0. The van der Waals surface area contributed by atoms with Gasteiger partial charge in [0.1, 0.15) is 25.9 Å². The normalized spacial score (nSPS) is 16.0. The van der Waals surface area contributed by atoms with Gasteiger partial charge in [-0.15, -0.1) is 0 Å². The minimum Gasteiger partial charge on any atom is -0.480 e. The minimum absolute atomic E-state index is 0.000223. The van der Waals surface area contributed by atoms with E-state index in [1.54, 1.807) is 36.4 Å². The van der Waals surface area contributed by atoms with Gasteiger partial charge in [0.05, 0.1) is 10.7 Å². The Kier molecular flexibility index (Phi) is 9.57. The lowest BCUT2D eigenvalue weighted by Crippen LogP contribution is -2.52. The van der Waals surface area contributed by atoms with Crippen LogP contribution in [-0.2, 0) is 31.0 Å². The van der Waals surface area contributed by atoms with E-state index in [4.69, 9.17) is 15.6 Å². The number of nitrogens with two attached hydrogens (primary N) is 1. The number of rotatable bonds is 11. The third kappa shape index (κ3) is 7.88. The number of ether oxygens (including phenoxy) is 1. The van der Waals surface area contributed by atoms with Crippen LogP contribution in [0, 0.1) is 6.92 Å². The van der Waals surface area contributed by atoms with Crippen molar-refractivity contribution >= 4 is 33.8 Å². The highest BCUT2D eigenvalue weighted by atomic mass is 32.2. The smallest absolute Gasteiger partial charge is 0.414 e. The van der Waals surface area contributed by atoms with Gasteiger partial charge in [-0.05, 0) is 31.0 Å². The minimum atomic E-state index is -3.79. The van der Waals surface area contributed by atoms with Crippen LogP contribution in [-0.4, -0.2) is 66.4 Å². The lowest BCUT2D eigenvalue weighted by molar-refractivity contribution is -0.145. The number of nitrogens with zero attached hydrogens (tertiary/aromatic N) is 3. The first-order valence-electron chi connectivity index (χ1n) is 11.6. The van der Waals surface area contributed by atoms with Crippen LogP contribution in [0.15, 0.2) is 76.9 Å². The summed E-state index contributed by atoms with van der Waals surface area (Å²) >= 11 is 0. The van der Waals surface area contributed by atoms with E-state index in [9.17, 15) is 22.8 Å². The molecule has 0 saturated heterocycles. The monoisotopic (exact) mass is 543 g/mol. The highest BCUT2D eigenvalue weighted by Gasteiger charge is 2.36. The zero-order valence-corrected chi connectivity index (χ0v) is 21.5. The molecule has 0 spiro atoms. The number of hydrogen-bond donors (Lipinski definition) is 3. The van der Waals surface area contributed by atoms with Crippen molar-refractivity contribution in [3.8, 4) is 0 Å². The van der Waals surface area contributed by atoms with E-state index in [-0.39, 0.29) is 36.8 Å². The second-order valence-electron chi connectivity index (χ2n) is 8.43. The average molecular weight is 544 g/mol. The third-order valence-corrected chi connectivity index (χ3v) is 6.98. The van der Waals surface area contributed by atoms with Crippen molar-refractivity contribution in [2.45, 2.75) is 37.3 Å². The molecule has 1 aliphatic heterocycles. The Morgan fingerprint density at radius 1 is 1.11 bits per heavy atom. The highest BCUT2D eigenvalue weighted by Crippen LogP contribution is 2.19. The number of amidine groups is 1. The second-order valence-corrected chi connectivity index (χ2v) is 10.2. The molecule has 202 valence electrons. The van der Waals surface area contributed by atoms with Crippen molar-refractivity contribution in [1.82, 2.24) is 14.5 Å². The molecule has 0 bridgehead atoms. The van der Waals surface area contributed by atoms with Crippen LogP contribution in [0.25, 0.3) is 0 Å². The number of carbonyl (C=O) groups excluding carboxylic acids is 2. The van der Waals surface area contributed by atoms with E-state index < -0.39 is 40.6 Å². The number of aliphatic carboxylic acids is 1. The molecule has 0 aromatic heterocycles. The quantitative estimate of drug-likeness (QED) is 0.284. The molecule has 12 nitrogen and oxygen atoms in total. The molecular formula is C25H29N5O7S. The number of carboxylic acid groups (broad SMARTS) is 1. The molecule has 4 N–H and O–H groups in total. The Hall–Kier alpha value is -4.23. The summed E-state index contributed by atoms with van der Waals surface area (Å²) in [7, 11) is -3.79.